The maximum Gasteiger partial charge on any atom is 0.274 e. The first-order valence-corrected chi connectivity index (χ1v) is 10.7. The fourth-order valence-electron chi connectivity index (χ4n) is 3.93. The molecule has 1 aromatic carbocycles. The average Bonchev–Trinajstić information content (AvgIpc) is 3.27. The van der Waals surface area contributed by atoms with Crippen LogP contribution in [0.5, 0.6) is 5.88 Å². The molecule has 3 aromatic rings. The molecule has 0 aliphatic carbocycles. The van der Waals surface area contributed by atoms with Crippen molar-refractivity contribution in [3.63, 3.8) is 0 Å². The van der Waals surface area contributed by atoms with Crippen molar-refractivity contribution in [3.8, 4) is 11.9 Å². The van der Waals surface area contributed by atoms with Crippen LogP contribution in [0.3, 0.4) is 0 Å². The number of hydrogen-bond acceptors (Lipinski definition) is 6. The molecule has 1 aliphatic rings. The Kier molecular flexibility index (Phi) is 6.54. The minimum Gasteiger partial charge on any atom is -0.474 e. The van der Waals surface area contributed by atoms with Gasteiger partial charge in [0.15, 0.2) is 0 Å². The summed E-state index contributed by atoms with van der Waals surface area (Å²) in [6, 6.07) is 10.9. The van der Waals surface area contributed by atoms with Gasteiger partial charge >= 0.3 is 0 Å². The van der Waals surface area contributed by atoms with E-state index in [1.54, 1.807) is 23.1 Å². The highest BCUT2D eigenvalue weighted by atomic mass is 35.5. The number of pyridine rings is 1. The lowest BCUT2D eigenvalue weighted by Crippen LogP contribution is -2.32. The fourth-order valence-corrected chi connectivity index (χ4v) is 4.24. The summed E-state index contributed by atoms with van der Waals surface area (Å²) in [6.07, 6.45) is 5.69. The van der Waals surface area contributed by atoms with E-state index in [4.69, 9.17) is 33.2 Å². The third kappa shape index (κ3) is 4.67. The highest BCUT2D eigenvalue weighted by molar-refractivity contribution is 6.42. The van der Waals surface area contributed by atoms with Crippen LogP contribution in [0.4, 0.5) is 0 Å². The van der Waals surface area contributed by atoms with Gasteiger partial charge in [0.25, 0.3) is 5.91 Å². The first-order chi connectivity index (χ1) is 15.5. The Bertz CT molecular complexity index is 1150. The van der Waals surface area contributed by atoms with E-state index in [1.807, 2.05) is 25.1 Å². The van der Waals surface area contributed by atoms with Gasteiger partial charge in [-0.15, -0.1) is 0 Å². The SMILES string of the molecule is C[C@H](Oc1ccc(C#N)cn1)[C@H]1CN(C(=O)c2cnccn2)C[C@@H]1c1ccc(Cl)c(Cl)c1. The summed E-state index contributed by atoms with van der Waals surface area (Å²) >= 11 is 12.4. The monoisotopic (exact) mass is 467 g/mol. The number of halogens is 2. The van der Waals surface area contributed by atoms with Crippen LogP contribution in [-0.4, -0.2) is 45.0 Å². The largest absolute Gasteiger partial charge is 0.474 e. The molecule has 7 nitrogen and oxygen atoms in total. The first-order valence-electron chi connectivity index (χ1n) is 9.99. The van der Waals surface area contributed by atoms with Gasteiger partial charge in [-0.3, -0.25) is 9.78 Å². The molecule has 0 saturated carbocycles. The van der Waals surface area contributed by atoms with Gasteiger partial charge < -0.3 is 9.64 Å². The van der Waals surface area contributed by atoms with Crippen LogP contribution in [0.25, 0.3) is 0 Å². The average molecular weight is 468 g/mol. The normalized spacial score (nSPS) is 18.8. The van der Waals surface area contributed by atoms with Gasteiger partial charge in [0.2, 0.25) is 5.88 Å². The maximum absolute atomic E-state index is 13.0. The number of carbonyl (C=O) groups excluding carboxylic acids is 1. The van der Waals surface area contributed by atoms with Crippen LogP contribution in [0.1, 0.15) is 34.5 Å². The molecule has 9 heteroatoms. The Morgan fingerprint density at radius 2 is 2.00 bits per heavy atom. The second-order valence-corrected chi connectivity index (χ2v) is 8.38. The summed E-state index contributed by atoms with van der Waals surface area (Å²) in [4.78, 5) is 27.1. The molecule has 0 bridgehead atoms. The second-order valence-electron chi connectivity index (χ2n) is 7.56. The summed E-state index contributed by atoms with van der Waals surface area (Å²) in [5.41, 5.74) is 1.73. The number of nitriles is 1. The quantitative estimate of drug-likeness (QED) is 0.552. The zero-order valence-electron chi connectivity index (χ0n) is 17.2. The molecule has 3 atom stereocenters. The molecule has 3 heterocycles. The van der Waals surface area contributed by atoms with E-state index in [2.05, 4.69) is 15.0 Å². The first kappa shape index (κ1) is 22.0. The van der Waals surface area contributed by atoms with Crippen molar-refractivity contribution in [1.29, 1.82) is 5.26 Å². The van der Waals surface area contributed by atoms with Crippen LogP contribution in [0.2, 0.25) is 10.0 Å². The highest BCUT2D eigenvalue weighted by Crippen LogP contribution is 2.38. The van der Waals surface area contributed by atoms with E-state index in [0.717, 1.165) is 5.56 Å². The molecule has 32 heavy (non-hydrogen) atoms. The molecule has 0 unspecified atom stereocenters. The van der Waals surface area contributed by atoms with Crippen LogP contribution < -0.4 is 4.74 Å². The number of likely N-dealkylation sites (tertiary alicyclic amines) is 1. The Morgan fingerprint density at radius 1 is 1.16 bits per heavy atom. The van der Waals surface area contributed by atoms with Gasteiger partial charge in [0.1, 0.15) is 17.9 Å². The summed E-state index contributed by atoms with van der Waals surface area (Å²) in [7, 11) is 0. The highest BCUT2D eigenvalue weighted by Gasteiger charge is 2.41. The standard InChI is InChI=1S/C23H19Cl2N5O2/c1-14(32-22-5-2-15(9-26)10-29-22)17-12-30(23(31)21-11-27-6-7-28-21)13-18(17)16-3-4-19(24)20(25)8-16/h2-8,10-11,14,17-18H,12-13H2,1H3/t14-,17+,18+/m0/s1. The third-order valence-corrected chi connectivity index (χ3v) is 6.32. The zero-order valence-corrected chi connectivity index (χ0v) is 18.7. The van der Waals surface area contributed by atoms with Crippen molar-refractivity contribution in [2.75, 3.05) is 13.1 Å². The molecule has 0 radical (unpaired) electrons. The number of nitrogens with zero attached hydrogens (tertiary/aromatic N) is 5. The molecule has 1 amide bonds. The Morgan fingerprint density at radius 3 is 2.66 bits per heavy atom. The van der Waals surface area contributed by atoms with Gasteiger partial charge in [-0.25, -0.2) is 9.97 Å². The lowest BCUT2D eigenvalue weighted by molar-refractivity contribution is 0.0763. The Labute approximate surface area is 195 Å². The lowest BCUT2D eigenvalue weighted by Gasteiger charge is -2.25. The molecule has 162 valence electrons. The Balaban J connectivity index is 1.60. The number of benzene rings is 1. The Hall–Kier alpha value is -3.21. The molecular formula is C23H19Cl2N5O2. The number of ether oxygens (including phenoxy) is 1. The van der Waals surface area contributed by atoms with E-state index in [9.17, 15) is 4.79 Å². The molecule has 4 rings (SSSR count). The molecule has 1 saturated heterocycles. The van der Waals surface area contributed by atoms with Gasteiger partial charge in [-0.05, 0) is 30.7 Å². The molecule has 0 spiro atoms. The topological polar surface area (TPSA) is 92.0 Å². The predicted molar refractivity (Wildman–Crippen MR) is 120 cm³/mol. The van der Waals surface area contributed by atoms with Gasteiger partial charge in [-0.2, -0.15) is 5.26 Å². The van der Waals surface area contributed by atoms with E-state index >= 15 is 0 Å². The number of amides is 1. The van der Waals surface area contributed by atoms with Crippen LogP contribution in [-0.2, 0) is 0 Å². The van der Waals surface area contributed by atoms with Gasteiger partial charge in [0.05, 0.1) is 21.8 Å². The van der Waals surface area contributed by atoms with E-state index < -0.39 is 0 Å². The van der Waals surface area contributed by atoms with Crippen molar-refractivity contribution in [1.82, 2.24) is 19.9 Å². The predicted octanol–water partition coefficient (Wildman–Crippen LogP) is 4.37. The van der Waals surface area contributed by atoms with E-state index in [-0.39, 0.29) is 23.8 Å². The van der Waals surface area contributed by atoms with Crippen molar-refractivity contribution in [2.45, 2.75) is 18.9 Å². The second kappa shape index (κ2) is 9.51. The van der Waals surface area contributed by atoms with Crippen molar-refractivity contribution < 1.29 is 9.53 Å². The summed E-state index contributed by atoms with van der Waals surface area (Å²) in [5, 5.41) is 9.90. The van der Waals surface area contributed by atoms with Crippen molar-refractivity contribution in [3.05, 3.63) is 82.0 Å². The van der Waals surface area contributed by atoms with Crippen LogP contribution in [0, 0.1) is 17.2 Å². The molecule has 1 aliphatic heterocycles. The molecule has 0 N–H and O–H groups in total. The van der Waals surface area contributed by atoms with Gasteiger partial charge in [0, 0.05) is 49.6 Å². The summed E-state index contributed by atoms with van der Waals surface area (Å²) in [6.45, 7) is 2.90. The van der Waals surface area contributed by atoms with Gasteiger partial charge in [-0.1, -0.05) is 29.3 Å². The van der Waals surface area contributed by atoms with Crippen molar-refractivity contribution >= 4 is 29.1 Å². The van der Waals surface area contributed by atoms with Crippen LogP contribution in [0.15, 0.2) is 55.1 Å². The van der Waals surface area contributed by atoms with Crippen LogP contribution >= 0.6 is 23.2 Å². The number of carbonyl (C=O) groups is 1. The number of aromatic nitrogens is 3. The molecule has 1 fully saturated rings. The zero-order chi connectivity index (χ0) is 22.7. The van der Waals surface area contributed by atoms with Crippen molar-refractivity contribution in [2.24, 2.45) is 5.92 Å². The third-order valence-electron chi connectivity index (χ3n) is 5.58. The smallest absolute Gasteiger partial charge is 0.274 e. The van der Waals surface area contributed by atoms with E-state index in [0.29, 0.717) is 40.3 Å². The number of hydrogen-bond donors (Lipinski definition) is 0. The summed E-state index contributed by atoms with van der Waals surface area (Å²) < 4.78 is 6.09. The fraction of sp³-hybridized carbons (Fsp3) is 0.261. The van der Waals surface area contributed by atoms with E-state index in [1.165, 1.54) is 24.8 Å². The molecule has 2 aromatic heterocycles. The number of rotatable bonds is 5. The maximum atomic E-state index is 13.0. The molecular weight excluding hydrogens is 449 g/mol. The lowest BCUT2D eigenvalue weighted by atomic mass is 9.86. The summed E-state index contributed by atoms with van der Waals surface area (Å²) in [5.74, 6) is 0.168. The minimum atomic E-state index is -0.269. The minimum absolute atomic E-state index is 0.0289.